The number of hydrogen-bond acceptors (Lipinski definition) is 2. The van der Waals surface area contributed by atoms with E-state index in [0.29, 0.717) is 17.0 Å². The van der Waals surface area contributed by atoms with Crippen LogP contribution in [-0.4, -0.2) is 11.6 Å². The number of benzene rings is 6. The zero-order valence-electron chi connectivity index (χ0n) is 24.8. The van der Waals surface area contributed by atoms with E-state index in [9.17, 15) is 4.79 Å². The highest BCUT2D eigenvalue weighted by Crippen LogP contribution is 2.49. The van der Waals surface area contributed by atoms with E-state index in [-0.39, 0.29) is 5.91 Å². The van der Waals surface area contributed by atoms with Gasteiger partial charge in [0.2, 0.25) is 0 Å². The van der Waals surface area contributed by atoms with Crippen LogP contribution in [0.25, 0.3) is 0 Å². The molecule has 0 unspecified atom stereocenters. The molecule has 0 saturated heterocycles. The quantitative estimate of drug-likeness (QED) is 0.136. The summed E-state index contributed by atoms with van der Waals surface area (Å²) in [4.78, 5) is 19.0. The summed E-state index contributed by atoms with van der Waals surface area (Å²) in [5.41, 5.74) is 5.81. The molecule has 0 aliphatic rings. The lowest BCUT2D eigenvalue weighted by Gasteiger charge is -2.27. The minimum Gasteiger partial charge on any atom is -0.267 e. The summed E-state index contributed by atoms with van der Waals surface area (Å²) in [7, 11) is -2.58. The Hall–Kier alpha value is -5.11. The van der Waals surface area contributed by atoms with Gasteiger partial charge >= 0.3 is 0 Å². The highest BCUT2D eigenvalue weighted by molar-refractivity contribution is 7.87. The minimum absolute atomic E-state index is 0.326. The molecule has 0 spiro atoms. The summed E-state index contributed by atoms with van der Waals surface area (Å²) in [6.45, 7) is 4.11. The first kappa shape index (κ1) is 29.0. The maximum Gasteiger partial charge on any atom is 0.279 e. The van der Waals surface area contributed by atoms with Gasteiger partial charge in [0.05, 0.1) is 24.0 Å². The summed E-state index contributed by atoms with van der Waals surface area (Å²) in [6.07, 6.45) is 0. The van der Waals surface area contributed by atoms with Crippen LogP contribution in [0.1, 0.15) is 32.6 Å². The van der Waals surface area contributed by atoms with Gasteiger partial charge in [0.1, 0.15) is 0 Å². The number of carbonyl (C=O) groups is 1. The number of aliphatic imine (C=N–C) groups is 1. The number of nitrogens with zero attached hydrogens (tertiary/aromatic N) is 2. The lowest BCUT2D eigenvalue weighted by molar-refractivity contribution is 0.100. The molecular formula is C40H33N2OP. The normalized spacial score (nSPS) is 11.0. The van der Waals surface area contributed by atoms with Gasteiger partial charge in [0, 0.05) is 27.0 Å². The van der Waals surface area contributed by atoms with E-state index in [1.807, 2.05) is 91.0 Å². The molecule has 6 aromatic rings. The number of aryl methyl sites for hydroxylation is 2. The molecule has 3 nitrogen and oxygen atoms in total. The average molecular weight is 589 g/mol. The number of hydrogen-bond donors (Lipinski definition) is 0. The van der Waals surface area contributed by atoms with Crippen molar-refractivity contribution in [2.75, 3.05) is 0 Å². The van der Waals surface area contributed by atoms with Crippen LogP contribution >= 0.6 is 7.05 Å². The Kier molecular flexibility index (Phi) is 8.59. The van der Waals surface area contributed by atoms with Gasteiger partial charge in [-0.2, -0.15) is 0 Å². The van der Waals surface area contributed by atoms with E-state index in [2.05, 4.69) is 86.6 Å². The van der Waals surface area contributed by atoms with Gasteiger partial charge in [-0.3, -0.25) is 9.54 Å². The highest BCUT2D eigenvalue weighted by atomic mass is 31.2. The molecule has 44 heavy (non-hydrogen) atoms. The van der Waals surface area contributed by atoms with Crippen molar-refractivity contribution >= 4 is 40.3 Å². The van der Waals surface area contributed by atoms with Crippen LogP contribution in [0, 0.1) is 13.8 Å². The predicted octanol–water partition coefficient (Wildman–Crippen LogP) is 8.79. The maximum absolute atomic E-state index is 14.2. The third-order valence-corrected chi connectivity index (χ3v) is 11.3. The molecule has 0 N–H and O–H groups in total. The zero-order valence-corrected chi connectivity index (χ0v) is 25.7. The molecule has 4 heteroatoms. The second kappa shape index (κ2) is 13.0. The van der Waals surface area contributed by atoms with Crippen LogP contribution in [0.4, 0.5) is 5.69 Å². The van der Waals surface area contributed by atoms with Gasteiger partial charge in [-0.15, -0.1) is 0 Å². The van der Waals surface area contributed by atoms with Crippen LogP contribution in [0.5, 0.6) is 0 Å². The van der Waals surface area contributed by atoms with Crippen molar-refractivity contribution in [2.24, 2.45) is 9.74 Å². The Balaban J connectivity index is 1.59. The summed E-state index contributed by atoms with van der Waals surface area (Å²) >= 11 is 0. The van der Waals surface area contributed by atoms with Crippen molar-refractivity contribution < 1.29 is 4.79 Å². The van der Waals surface area contributed by atoms with Gasteiger partial charge in [0.25, 0.3) is 5.91 Å². The van der Waals surface area contributed by atoms with Crippen LogP contribution in [0.2, 0.25) is 0 Å². The third kappa shape index (κ3) is 6.01. The van der Waals surface area contributed by atoms with Gasteiger partial charge in [-0.25, -0.2) is 4.99 Å². The SMILES string of the molecule is Cc1ccc(C(=NC(=O)c2ccccc2N=P(c2ccccc2)(c2ccccc2)c2ccccc2)c2ccc(C)cc2)cc1. The van der Waals surface area contributed by atoms with Crippen molar-refractivity contribution in [1.29, 1.82) is 0 Å². The molecule has 0 fully saturated rings. The first-order chi connectivity index (χ1) is 21.5. The van der Waals surface area contributed by atoms with Crippen molar-refractivity contribution in [3.05, 3.63) is 192 Å². The molecule has 0 aromatic heterocycles. The molecular weight excluding hydrogens is 555 g/mol. The first-order valence-corrected chi connectivity index (χ1v) is 16.4. The second-order valence-corrected chi connectivity index (χ2v) is 13.8. The fourth-order valence-corrected chi connectivity index (χ4v) is 8.88. The van der Waals surface area contributed by atoms with E-state index >= 15 is 0 Å². The fraction of sp³-hybridized carbons (Fsp3) is 0.0500. The summed E-state index contributed by atoms with van der Waals surface area (Å²) in [5, 5.41) is 3.34. The minimum atomic E-state index is -2.58. The van der Waals surface area contributed by atoms with E-state index < -0.39 is 7.05 Å². The molecule has 0 saturated carbocycles. The summed E-state index contributed by atoms with van der Waals surface area (Å²) in [6, 6.07) is 55.2. The van der Waals surface area contributed by atoms with E-state index in [0.717, 1.165) is 38.2 Å². The molecule has 1 amide bonds. The van der Waals surface area contributed by atoms with Crippen molar-refractivity contribution in [3.63, 3.8) is 0 Å². The van der Waals surface area contributed by atoms with Crippen LogP contribution < -0.4 is 15.9 Å². The largest absolute Gasteiger partial charge is 0.279 e. The van der Waals surface area contributed by atoms with Gasteiger partial charge in [-0.1, -0.05) is 163 Å². The fourth-order valence-electron chi connectivity index (χ4n) is 5.34. The van der Waals surface area contributed by atoms with Gasteiger partial charge < -0.3 is 0 Å². The smallest absolute Gasteiger partial charge is 0.267 e. The Morgan fingerprint density at radius 1 is 0.477 bits per heavy atom. The first-order valence-electron chi connectivity index (χ1n) is 14.7. The van der Waals surface area contributed by atoms with Gasteiger partial charge in [-0.05, 0) is 26.0 Å². The zero-order chi connectivity index (χ0) is 30.4. The molecule has 0 heterocycles. The molecule has 6 aromatic carbocycles. The van der Waals surface area contributed by atoms with E-state index in [1.54, 1.807) is 0 Å². The van der Waals surface area contributed by atoms with Crippen molar-refractivity contribution in [3.8, 4) is 0 Å². The number of carbonyl (C=O) groups excluding carboxylic acids is 1. The average Bonchev–Trinajstić information content (AvgIpc) is 3.08. The molecule has 0 radical (unpaired) electrons. The Bertz CT molecular complexity index is 1810. The molecule has 0 bridgehead atoms. The second-order valence-electron chi connectivity index (χ2n) is 10.8. The standard InChI is InChI=1S/C40H33N2OP/c1-30-22-26-32(27-23-30)39(33-28-24-31(2)25-29-33)41-40(43)37-20-12-13-21-38(37)42-44(34-14-6-3-7-15-34,35-16-8-4-9-17-35)36-18-10-5-11-19-36/h3-29H,1-2H3. The monoisotopic (exact) mass is 588 g/mol. The highest BCUT2D eigenvalue weighted by Gasteiger charge is 2.28. The summed E-state index contributed by atoms with van der Waals surface area (Å²) < 4.78 is 5.62. The molecule has 6 rings (SSSR count). The Morgan fingerprint density at radius 2 is 0.864 bits per heavy atom. The molecule has 0 aliphatic carbocycles. The van der Waals surface area contributed by atoms with Crippen LogP contribution in [0.3, 0.4) is 0 Å². The molecule has 214 valence electrons. The maximum atomic E-state index is 14.2. The number of rotatable bonds is 7. The lowest BCUT2D eigenvalue weighted by Crippen LogP contribution is -2.25. The summed E-state index contributed by atoms with van der Waals surface area (Å²) in [5.74, 6) is -0.326. The van der Waals surface area contributed by atoms with Gasteiger partial charge in [0.15, 0.2) is 0 Å². The third-order valence-electron chi connectivity index (χ3n) is 7.65. The Labute approximate surface area is 259 Å². The van der Waals surface area contributed by atoms with Crippen molar-refractivity contribution in [2.45, 2.75) is 13.8 Å². The number of amides is 1. The Morgan fingerprint density at radius 3 is 1.30 bits per heavy atom. The van der Waals surface area contributed by atoms with Crippen molar-refractivity contribution in [1.82, 2.24) is 0 Å². The molecule has 0 aliphatic heterocycles. The molecule has 0 atom stereocenters. The topological polar surface area (TPSA) is 41.8 Å². The van der Waals surface area contributed by atoms with E-state index in [1.165, 1.54) is 0 Å². The van der Waals surface area contributed by atoms with E-state index in [4.69, 9.17) is 9.74 Å². The lowest BCUT2D eigenvalue weighted by atomic mass is 10.00. The van der Waals surface area contributed by atoms with Crippen LogP contribution in [-0.2, 0) is 0 Å². The predicted molar refractivity (Wildman–Crippen MR) is 186 cm³/mol. The van der Waals surface area contributed by atoms with Crippen LogP contribution in [0.15, 0.2) is 174 Å².